The highest BCUT2D eigenvalue weighted by molar-refractivity contribution is 5.94. The van der Waals surface area contributed by atoms with Crippen LogP contribution in [-0.2, 0) is 4.74 Å². The summed E-state index contributed by atoms with van der Waals surface area (Å²) in [5, 5.41) is 2.79. The summed E-state index contributed by atoms with van der Waals surface area (Å²) in [6.07, 6.45) is 4.72. The molecule has 1 aliphatic carbocycles. The second-order valence-electron chi connectivity index (χ2n) is 6.77. The van der Waals surface area contributed by atoms with Crippen molar-refractivity contribution < 1.29 is 18.3 Å². The van der Waals surface area contributed by atoms with Crippen LogP contribution in [0.3, 0.4) is 0 Å². The third-order valence-electron chi connectivity index (χ3n) is 4.82. The maximum absolute atomic E-state index is 14.3. The van der Waals surface area contributed by atoms with E-state index in [0.29, 0.717) is 43.2 Å². The standard InChI is InChI=1S/C21H23F2NO2/c22-19-4-2-1-3-17(19)7-5-15-6-8-18(20(23)13-15)21(25)24-14-16-9-11-26-12-10-16/h3,6,8,13,16,19H,1-2,4,9-12,14H2,(H,24,25). The van der Waals surface area contributed by atoms with Gasteiger partial charge >= 0.3 is 0 Å². The third kappa shape index (κ3) is 4.92. The minimum atomic E-state index is -1.03. The normalized spacial score (nSPS) is 20.7. The third-order valence-corrected chi connectivity index (χ3v) is 4.82. The zero-order valence-corrected chi connectivity index (χ0v) is 14.7. The van der Waals surface area contributed by atoms with Gasteiger partial charge in [-0.25, -0.2) is 8.78 Å². The quantitative estimate of drug-likeness (QED) is 0.834. The summed E-state index contributed by atoms with van der Waals surface area (Å²) in [5.41, 5.74) is 0.903. The summed E-state index contributed by atoms with van der Waals surface area (Å²) in [7, 11) is 0. The Hall–Kier alpha value is -2.19. The molecule has 1 saturated heterocycles. The SMILES string of the molecule is O=C(NCC1CCOCC1)c1ccc(C#CC2=CCCCC2F)cc1F. The zero-order valence-electron chi connectivity index (χ0n) is 14.7. The largest absolute Gasteiger partial charge is 0.381 e. The molecule has 0 spiro atoms. The predicted molar refractivity (Wildman–Crippen MR) is 96.0 cm³/mol. The van der Waals surface area contributed by atoms with Crippen molar-refractivity contribution >= 4 is 5.91 Å². The Kier molecular flexibility index (Phi) is 6.40. The summed E-state index contributed by atoms with van der Waals surface area (Å²) >= 11 is 0. The highest BCUT2D eigenvalue weighted by Crippen LogP contribution is 2.21. The molecule has 1 amide bonds. The molecular formula is C21H23F2NO2. The number of rotatable bonds is 3. The molecule has 0 aromatic heterocycles. The van der Waals surface area contributed by atoms with Gasteiger partial charge in [-0.2, -0.15) is 0 Å². The van der Waals surface area contributed by atoms with E-state index >= 15 is 0 Å². The fourth-order valence-electron chi connectivity index (χ4n) is 3.17. The van der Waals surface area contributed by atoms with Crippen LogP contribution >= 0.6 is 0 Å². The topological polar surface area (TPSA) is 38.3 Å². The molecule has 0 bridgehead atoms. The molecule has 1 fully saturated rings. The lowest BCUT2D eigenvalue weighted by Crippen LogP contribution is -2.32. The van der Waals surface area contributed by atoms with Gasteiger partial charge < -0.3 is 10.1 Å². The molecule has 1 aliphatic heterocycles. The first-order chi connectivity index (χ1) is 12.6. The summed E-state index contributed by atoms with van der Waals surface area (Å²) in [6, 6.07) is 4.25. The van der Waals surface area contributed by atoms with Crippen LogP contribution in [0, 0.1) is 23.6 Å². The van der Waals surface area contributed by atoms with Crippen molar-refractivity contribution in [1.82, 2.24) is 5.32 Å². The number of carbonyl (C=O) groups is 1. The Bertz CT molecular complexity index is 742. The zero-order chi connectivity index (χ0) is 18.4. The van der Waals surface area contributed by atoms with E-state index in [0.717, 1.165) is 25.7 Å². The van der Waals surface area contributed by atoms with Crippen molar-refractivity contribution in [3.8, 4) is 11.8 Å². The number of benzene rings is 1. The number of halogens is 2. The number of ether oxygens (including phenoxy) is 1. The van der Waals surface area contributed by atoms with Crippen LogP contribution in [0.25, 0.3) is 0 Å². The van der Waals surface area contributed by atoms with Crippen molar-refractivity contribution in [2.24, 2.45) is 5.92 Å². The van der Waals surface area contributed by atoms with Gasteiger partial charge in [-0.3, -0.25) is 4.79 Å². The summed E-state index contributed by atoms with van der Waals surface area (Å²) in [5.74, 6) is 4.91. The van der Waals surface area contributed by atoms with E-state index in [1.54, 1.807) is 12.1 Å². The average molecular weight is 359 g/mol. The molecule has 26 heavy (non-hydrogen) atoms. The minimum absolute atomic E-state index is 0.00265. The molecule has 1 aromatic rings. The number of amides is 1. The number of alkyl halides is 1. The second kappa shape index (κ2) is 8.95. The van der Waals surface area contributed by atoms with E-state index < -0.39 is 17.9 Å². The van der Waals surface area contributed by atoms with E-state index in [2.05, 4.69) is 17.2 Å². The van der Waals surface area contributed by atoms with Gasteiger partial charge in [0, 0.05) is 30.9 Å². The molecule has 1 aromatic carbocycles. The Morgan fingerprint density at radius 1 is 1.23 bits per heavy atom. The van der Waals surface area contributed by atoms with Crippen LogP contribution in [0.5, 0.6) is 0 Å². The average Bonchev–Trinajstić information content (AvgIpc) is 2.66. The van der Waals surface area contributed by atoms with Gasteiger partial charge in [0.15, 0.2) is 0 Å². The van der Waals surface area contributed by atoms with Gasteiger partial charge in [0.1, 0.15) is 12.0 Å². The molecule has 1 atom stereocenters. The van der Waals surface area contributed by atoms with E-state index in [-0.39, 0.29) is 5.56 Å². The molecule has 3 nitrogen and oxygen atoms in total. The van der Waals surface area contributed by atoms with Gasteiger partial charge in [0.2, 0.25) is 0 Å². The van der Waals surface area contributed by atoms with Crippen LogP contribution < -0.4 is 5.32 Å². The maximum Gasteiger partial charge on any atom is 0.254 e. The minimum Gasteiger partial charge on any atom is -0.381 e. The van der Waals surface area contributed by atoms with Gasteiger partial charge in [0.25, 0.3) is 5.91 Å². The van der Waals surface area contributed by atoms with Crippen molar-refractivity contribution in [2.75, 3.05) is 19.8 Å². The Balaban J connectivity index is 1.62. The van der Waals surface area contributed by atoms with Crippen molar-refractivity contribution in [1.29, 1.82) is 0 Å². The number of nitrogens with one attached hydrogen (secondary N) is 1. The first-order valence-corrected chi connectivity index (χ1v) is 9.15. The fourth-order valence-corrected chi connectivity index (χ4v) is 3.17. The van der Waals surface area contributed by atoms with Crippen LogP contribution in [0.1, 0.15) is 48.0 Å². The smallest absolute Gasteiger partial charge is 0.254 e. The number of allylic oxidation sites excluding steroid dienone is 2. The maximum atomic E-state index is 14.3. The van der Waals surface area contributed by atoms with E-state index in [4.69, 9.17) is 4.74 Å². The first-order valence-electron chi connectivity index (χ1n) is 9.15. The molecule has 0 saturated carbocycles. The Morgan fingerprint density at radius 3 is 2.77 bits per heavy atom. The molecule has 1 unspecified atom stereocenters. The summed E-state index contributed by atoms with van der Waals surface area (Å²) in [4.78, 5) is 12.2. The molecule has 1 N–H and O–H groups in total. The fraction of sp³-hybridized carbons (Fsp3) is 0.476. The summed E-state index contributed by atoms with van der Waals surface area (Å²) in [6.45, 7) is 1.94. The first kappa shape index (κ1) is 18.6. The van der Waals surface area contributed by atoms with E-state index in [1.165, 1.54) is 12.1 Å². The number of hydrogen-bond donors (Lipinski definition) is 1. The molecule has 0 radical (unpaired) electrons. The number of carbonyl (C=O) groups excluding carboxylic acids is 1. The van der Waals surface area contributed by atoms with Gasteiger partial charge in [-0.05, 0) is 56.2 Å². The lowest BCUT2D eigenvalue weighted by Gasteiger charge is -2.22. The van der Waals surface area contributed by atoms with Gasteiger partial charge in [0.05, 0.1) is 5.56 Å². The molecule has 3 rings (SSSR count). The molecular weight excluding hydrogens is 336 g/mol. The van der Waals surface area contributed by atoms with E-state index in [9.17, 15) is 13.6 Å². The molecule has 2 aliphatic rings. The van der Waals surface area contributed by atoms with Gasteiger partial charge in [-0.15, -0.1) is 0 Å². The Morgan fingerprint density at radius 2 is 2.04 bits per heavy atom. The lowest BCUT2D eigenvalue weighted by atomic mass is 9.98. The highest BCUT2D eigenvalue weighted by Gasteiger charge is 2.17. The van der Waals surface area contributed by atoms with Crippen LogP contribution in [0.15, 0.2) is 29.8 Å². The lowest BCUT2D eigenvalue weighted by molar-refractivity contribution is 0.0642. The molecule has 138 valence electrons. The van der Waals surface area contributed by atoms with Crippen LogP contribution in [0.2, 0.25) is 0 Å². The van der Waals surface area contributed by atoms with Crippen molar-refractivity contribution in [3.05, 3.63) is 46.8 Å². The van der Waals surface area contributed by atoms with Crippen LogP contribution in [-0.4, -0.2) is 31.8 Å². The van der Waals surface area contributed by atoms with Gasteiger partial charge in [-0.1, -0.05) is 17.9 Å². The van der Waals surface area contributed by atoms with E-state index in [1.807, 2.05) is 0 Å². The Labute approximate surface area is 152 Å². The predicted octanol–water partition coefficient (Wildman–Crippen LogP) is 3.78. The second-order valence-corrected chi connectivity index (χ2v) is 6.77. The number of hydrogen-bond acceptors (Lipinski definition) is 2. The molecule has 1 heterocycles. The monoisotopic (exact) mass is 359 g/mol. The molecule has 5 heteroatoms. The summed E-state index contributed by atoms with van der Waals surface area (Å²) < 4.78 is 33.3. The van der Waals surface area contributed by atoms with Crippen LogP contribution in [0.4, 0.5) is 8.78 Å². The van der Waals surface area contributed by atoms with Crippen molar-refractivity contribution in [2.45, 2.75) is 38.3 Å². The highest BCUT2D eigenvalue weighted by atomic mass is 19.1. The van der Waals surface area contributed by atoms with Crippen molar-refractivity contribution in [3.63, 3.8) is 0 Å².